The summed E-state index contributed by atoms with van der Waals surface area (Å²) in [5.41, 5.74) is 4.16. The van der Waals surface area contributed by atoms with Gasteiger partial charge in [0, 0.05) is 30.7 Å². The number of ether oxygens (including phenoxy) is 1. The Bertz CT molecular complexity index is 658. The third-order valence-electron chi connectivity index (χ3n) is 3.93. The first-order chi connectivity index (χ1) is 11.0. The van der Waals surface area contributed by atoms with Crippen LogP contribution in [0.3, 0.4) is 0 Å². The Kier molecular flexibility index (Phi) is 6.22. The first-order valence-corrected chi connectivity index (χ1v) is 8.29. The third-order valence-corrected chi connectivity index (χ3v) is 3.93. The Balaban J connectivity index is 1.81. The molecule has 0 aliphatic heterocycles. The zero-order valence-electron chi connectivity index (χ0n) is 14.6. The number of carbonyl (C=O) groups is 1. The van der Waals surface area contributed by atoms with Crippen LogP contribution >= 0.6 is 0 Å². The van der Waals surface area contributed by atoms with Gasteiger partial charge in [0.05, 0.1) is 12.7 Å². The zero-order chi connectivity index (χ0) is 16.8. The summed E-state index contributed by atoms with van der Waals surface area (Å²) in [7, 11) is 0. The topological polar surface area (TPSA) is 51.5 Å². The van der Waals surface area contributed by atoms with E-state index in [0.717, 1.165) is 35.1 Å². The number of fused-ring (bicyclic) bond motifs is 1. The van der Waals surface area contributed by atoms with Crippen molar-refractivity contribution >= 4 is 16.9 Å². The molecule has 0 unspecified atom stereocenters. The minimum atomic E-state index is 0.0230. The number of rotatable bonds is 8. The lowest BCUT2D eigenvalue weighted by Crippen LogP contribution is -2.26. The van der Waals surface area contributed by atoms with Crippen LogP contribution in [0.2, 0.25) is 0 Å². The smallest absolute Gasteiger partial charge is 0.224 e. The maximum absolute atomic E-state index is 12.1. The highest BCUT2D eigenvalue weighted by Crippen LogP contribution is 2.26. The maximum atomic E-state index is 12.1. The van der Waals surface area contributed by atoms with Crippen molar-refractivity contribution in [2.24, 2.45) is 5.92 Å². The number of benzene rings is 1. The summed E-state index contributed by atoms with van der Waals surface area (Å²) in [6.45, 7) is 10.5. The van der Waals surface area contributed by atoms with Crippen LogP contribution in [0, 0.1) is 19.8 Å². The SMILES string of the molecule is Cc1ccc2c(CC(=O)NCCCOCC(C)C)coc2c1C. The van der Waals surface area contributed by atoms with Crippen molar-refractivity contribution in [3.63, 3.8) is 0 Å². The van der Waals surface area contributed by atoms with Crippen LogP contribution in [0.1, 0.15) is 37.0 Å². The minimum Gasteiger partial charge on any atom is -0.464 e. The van der Waals surface area contributed by atoms with E-state index >= 15 is 0 Å². The van der Waals surface area contributed by atoms with Crippen molar-refractivity contribution < 1.29 is 13.9 Å². The largest absolute Gasteiger partial charge is 0.464 e. The van der Waals surface area contributed by atoms with E-state index in [-0.39, 0.29) is 5.91 Å². The van der Waals surface area contributed by atoms with E-state index in [4.69, 9.17) is 9.15 Å². The average molecular weight is 317 g/mol. The highest BCUT2D eigenvalue weighted by molar-refractivity contribution is 5.89. The lowest BCUT2D eigenvalue weighted by atomic mass is 10.0. The van der Waals surface area contributed by atoms with Gasteiger partial charge in [-0.3, -0.25) is 4.79 Å². The zero-order valence-corrected chi connectivity index (χ0v) is 14.6. The van der Waals surface area contributed by atoms with Crippen molar-refractivity contribution in [1.82, 2.24) is 5.32 Å². The molecule has 2 rings (SSSR count). The van der Waals surface area contributed by atoms with E-state index in [0.29, 0.717) is 25.5 Å². The summed E-state index contributed by atoms with van der Waals surface area (Å²) in [5.74, 6) is 0.570. The molecule has 1 aromatic heterocycles. The summed E-state index contributed by atoms with van der Waals surface area (Å²) < 4.78 is 11.1. The van der Waals surface area contributed by atoms with E-state index in [1.807, 2.05) is 13.0 Å². The first kappa shape index (κ1) is 17.5. The molecule has 1 N–H and O–H groups in total. The molecule has 0 fully saturated rings. The highest BCUT2D eigenvalue weighted by atomic mass is 16.5. The van der Waals surface area contributed by atoms with Gasteiger partial charge in [-0.05, 0) is 37.3 Å². The van der Waals surface area contributed by atoms with E-state index < -0.39 is 0 Å². The van der Waals surface area contributed by atoms with Crippen LogP contribution in [0.25, 0.3) is 11.0 Å². The van der Waals surface area contributed by atoms with E-state index in [1.54, 1.807) is 6.26 Å². The standard InChI is InChI=1S/C19H27NO3/c1-13(2)11-22-9-5-8-20-18(21)10-16-12-23-19-15(4)14(3)6-7-17(16)19/h6-7,12-13H,5,8-11H2,1-4H3,(H,20,21). The quantitative estimate of drug-likeness (QED) is 0.754. The van der Waals surface area contributed by atoms with Gasteiger partial charge in [-0.15, -0.1) is 0 Å². The van der Waals surface area contributed by atoms with Crippen LogP contribution in [-0.2, 0) is 16.0 Å². The molecule has 23 heavy (non-hydrogen) atoms. The Hall–Kier alpha value is -1.81. The molecule has 0 saturated heterocycles. The molecule has 0 aliphatic carbocycles. The number of furan rings is 1. The normalized spacial score (nSPS) is 11.3. The van der Waals surface area contributed by atoms with Gasteiger partial charge in [-0.1, -0.05) is 26.0 Å². The van der Waals surface area contributed by atoms with Gasteiger partial charge in [0.2, 0.25) is 5.91 Å². The number of nitrogens with one attached hydrogen (secondary N) is 1. The predicted molar refractivity (Wildman–Crippen MR) is 92.7 cm³/mol. The number of hydrogen-bond acceptors (Lipinski definition) is 3. The molecular weight excluding hydrogens is 290 g/mol. The predicted octanol–water partition coefficient (Wildman–Crippen LogP) is 3.77. The molecule has 0 atom stereocenters. The Morgan fingerprint density at radius 1 is 1.30 bits per heavy atom. The Labute approximate surface area is 138 Å². The molecule has 1 amide bonds. The van der Waals surface area contributed by atoms with Crippen LogP contribution < -0.4 is 5.32 Å². The van der Waals surface area contributed by atoms with Crippen molar-refractivity contribution in [2.75, 3.05) is 19.8 Å². The van der Waals surface area contributed by atoms with Gasteiger partial charge in [0.1, 0.15) is 5.58 Å². The van der Waals surface area contributed by atoms with Gasteiger partial charge in [-0.25, -0.2) is 0 Å². The summed E-state index contributed by atoms with van der Waals surface area (Å²) in [5, 5.41) is 3.97. The van der Waals surface area contributed by atoms with Crippen LogP contribution in [0.15, 0.2) is 22.8 Å². The van der Waals surface area contributed by atoms with Crippen molar-refractivity contribution in [2.45, 2.75) is 40.5 Å². The van der Waals surface area contributed by atoms with Crippen molar-refractivity contribution in [1.29, 1.82) is 0 Å². The lowest BCUT2D eigenvalue weighted by molar-refractivity contribution is -0.120. The van der Waals surface area contributed by atoms with E-state index in [1.165, 1.54) is 5.56 Å². The Morgan fingerprint density at radius 2 is 2.09 bits per heavy atom. The molecule has 1 heterocycles. The fraction of sp³-hybridized carbons (Fsp3) is 0.526. The first-order valence-electron chi connectivity index (χ1n) is 8.29. The summed E-state index contributed by atoms with van der Waals surface area (Å²) >= 11 is 0. The molecule has 0 spiro atoms. The fourth-order valence-electron chi connectivity index (χ4n) is 2.48. The van der Waals surface area contributed by atoms with Gasteiger partial charge < -0.3 is 14.5 Å². The molecule has 4 heteroatoms. The van der Waals surface area contributed by atoms with Crippen LogP contribution in [0.4, 0.5) is 0 Å². The molecule has 0 saturated carbocycles. The van der Waals surface area contributed by atoms with Gasteiger partial charge in [-0.2, -0.15) is 0 Å². The third kappa shape index (κ3) is 4.83. The molecule has 4 nitrogen and oxygen atoms in total. The van der Waals surface area contributed by atoms with Crippen LogP contribution in [0.5, 0.6) is 0 Å². The summed E-state index contributed by atoms with van der Waals surface area (Å²) in [4.78, 5) is 12.1. The summed E-state index contributed by atoms with van der Waals surface area (Å²) in [6, 6.07) is 4.10. The molecule has 126 valence electrons. The fourth-order valence-corrected chi connectivity index (χ4v) is 2.48. The molecule has 0 bridgehead atoms. The second-order valence-corrected chi connectivity index (χ2v) is 6.49. The Morgan fingerprint density at radius 3 is 2.83 bits per heavy atom. The second-order valence-electron chi connectivity index (χ2n) is 6.49. The maximum Gasteiger partial charge on any atom is 0.224 e. The van der Waals surface area contributed by atoms with Gasteiger partial charge >= 0.3 is 0 Å². The van der Waals surface area contributed by atoms with Gasteiger partial charge in [0.25, 0.3) is 0 Å². The molecule has 0 aliphatic rings. The summed E-state index contributed by atoms with van der Waals surface area (Å²) in [6.07, 6.45) is 2.88. The van der Waals surface area contributed by atoms with Gasteiger partial charge in [0.15, 0.2) is 0 Å². The molecule has 1 aromatic carbocycles. The lowest BCUT2D eigenvalue weighted by Gasteiger charge is -2.07. The molecule has 2 aromatic rings. The minimum absolute atomic E-state index is 0.0230. The molecular formula is C19H27NO3. The molecule has 0 radical (unpaired) electrons. The second kappa shape index (κ2) is 8.16. The number of amides is 1. The van der Waals surface area contributed by atoms with Crippen molar-refractivity contribution in [3.8, 4) is 0 Å². The van der Waals surface area contributed by atoms with E-state index in [9.17, 15) is 4.79 Å². The monoisotopic (exact) mass is 317 g/mol. The van der Waals surface area contributed by atoms with Crippen LogP contribution in [-0.4, -0.2) is 25.7 Å². The number of hydrogen-bond donors (Lipinski definition) is 1. The van der Waals surface area contributed by atoms with E-state index in [2.05, 4.69) is 32.2 Å². The number of aryl methyl sites for hydroxylation is 2. The number of carbonyl (C=O) groups excluding carboxylic acids is 1. The average Bonchev–Trinajstić information content (AvgIpc) is 2.90. The highest BCUT2D eigenvalue weighted by Gasteiger charge is 2.12. The van der Waals surface area contributed by atoms with Crippen molar-refractivity contribution in [3.05, 3.63) is 35.1 Å².